The van der Waals surface area contributed by atoms with E-state index in [0.29, 0.717) is 12.1 Å². The van der Waals surface area contributed by atoms with Gasteiger partial charge in [0.1, 0.15) is 12.1 Å². The van der Waals surface area contributed by atoms with Gasteiger partial charge in [0.2, 0.25) is 5.91 Å². The van der Waals surface area contributed by atoms with Crippen LogP contribution < -0.4 is 5.32 Å². The number of carbonyl (C=O) groups excluding carboxylic acids is 1. The molecule has 0 unspecified atom stereocenters. The van der Waals surface area contributed by atoms with Crippen LogP contribution in [0, 0.1) is 10.1 Å². The van der Waals surface area contributed by atoms with E-state index < -0.39 is 4.92 Å². The van der Waals surface area contributed by atoms with Crippen molar-refractivity contribution in [2.24, 2.45) is 0 Å². The summed E-state index contributed by atoms with van der Waals surface area (Å²) in [5.41, 5.74) is 0.511. The standard InChI is InChI=1S/C14H17N3O3/c1-2-3-8-15-13(18)10-16-9-7-11-5-4-6-12(14(11)16)17(19)20/h4-7,9H,2-3,8,10H2,1H3,(H,15,18). The number of non-ortho nitro benzene ring substituents is 1. The minimum Gasteiger partial charge on any atom is -0.355 e. The number of hydrogen-bond acceptors (Lipinski definition) is 3. The summed E-state index contributed by atoms with van der Waals surface area (Å²) in [6, 6.07) is 6.68. The molecule has 2 aromatic rings. The van der Waals surface area contributed by atoms with Gasteiger partial charge in [0.05, 0.1) is 4.92 Å². The Balaban J connectivity index is 2.22. The van der Waals surface area contributed by atoms with E-state index in [1.165, 1.54) is 6.07 Å². The lowest BCUT2D eigenvalue weighted by molar-refractivity contribution is -0.383. The number of amides is 1. The van der Waals surface area contributed by atoms with Gasteiger partial charge in [0, 0.05) is 24.2 Å². The van der Waals surface area contributed by atoms with E-state index in [9.17, 15) is 14.9 Å². The summed E-state index contributed by atoms with van der Waals surface area (Å²) in [6.45, 7) is 2.78. The van der Waals surface area contributed by atoms with Gasteiger partial charge < -0.3 is 9.88 Å². The lowest BCUT2D eigenvalue weighted by atomic mass is 10.2. The van der Waals surface area contributed by atoms with Crippen molar-refractivity contribution >= 4 is 22.5 Å². The Kier molecular flexibility index (Phi) is 4.34. The molecule has 1 aromatic carbocycles. The lowest BCUT2D eigenvalue weighted by Gasteiger charge is -2.07. The molecule has 0 radical (unpaired) electrons. The summed E-state index contributed by atoms with van der Waals surface area (Å²) >= 11 is 0. The second kappa shape index (κ2) is 6.18. The number of nitro benzene ring substituents is 1. The number of aromatic nitrogens is 1. The Morgan fingerprint density at radius 2 is 2.20 bits per heavy atom. The minimum absolute atomic E-state index is 0.0221. The van der Waals surface area contributed by atoms with E-state index in [1.807, 2.05) is 0 Å². The molecule has 106 valence electrons. The normalized spacial score (nSPS) is 10.7. The van der Waals surface area contributed by atoms with E-state index in [1.54, 1.807) is 29.0 Å². The summed E-state index contributed by atoms with van der Waals surface area (Å²) in [5, 5.41) is 14.6. The third-order valence-corrected chi connectivity index (χ3v) is 3.13. The zero-order valence-corrected chi connectivity index (χ0v) is 11.3. The molecule has 0 spiro atoms. The molecule has 0 aliphatic heterocycles. The summed E-state index contributed by atoms with van der Waals surface area (Å²) in [5.74, 6) is -0.130. The Bertz CT molecular complexity index is 634. The molecule has 0 atom stereocenters. The Morgan fingerprint density at radius 3 is 2.90 bits per heavy atom. The molecule has 2 rings (SSSR count). The van der Waals surface area contributed by atoms with Gasteiger partial charge in [-0.3, -0.25) is 14.9 Å². The molecule has 1 amide bonds. The number of para-hydroxylation sites is 1. The van der Waals surface area contributed by atoms with Crippen LogP contribution in [0.25, 0.3) is 10.9 Å². The van der Waals surface area contributed by atoms with Crippen LogP contribution in [0.2, 0.25) is 0 Å². The number of fused-ring (bicyclic) bond motifs is 1. The summed E-state index contributed by atoms with van der Waals surface area (Å²) in [7, 11) is 0. The maximum absolute atomic E-state index is 11.8. The van der Waals surface area contributed by atoms with E-state index in [2.05, 4.69) is 12.2 Å². The number of hydrogen-bond donors (Lipinski definition) is 1. The largest absolute Gasteiger partial charge is 0.355 e. The zero-order chi connectivity index (χ0) is 14.5. The zero-order valence-electron chi connectivity index (χ0n) is 11.3. The van der Waals surface area contributed by atoms with Gasteiger partial charge in [0.25, 0.3) is 5.69 Å². The highest BCUT2D eigenvalue weighted by Crippen LogP contribution is 2.26. The fourth-order valence-corrected chi connectivity index (χ4v) is 2.14. The molecule has 6 heteroatoms. The number of benzene rings is 1. The quantitative estimate of drug-likeness (QED) is 0.500. The van der Waals surface area contributed by atoms with Crippen LogP contribution in [0.3, 0.4) is 0 Å². The molecule has 1 N–H and O–H groups in total. The molecular weight excluding hydrogens is 258 g/mol. The first-order chi connectivity index (χ1) is 9.63. The molecular formula is C14H17N3O3. The van der Waals surface area contributed by atoms with E-state index in [4.69, 9.17) is 0 Å². The minimum atomic E-state index is -0.423. The molecule has 1 aromatic heterocycles. The SMILES string of the molecule is CCCCNC(=O)Cn1ccc2cccc([N+](=O)[O-])c21. The molecule has 0 saturated heterocycles. The van der Waals surface area contributed by atoms with Gasteiger partial charge in [-0.1, -0.05) is 25.5 Å². The first kappa shape index (κ1) is 14.0. The number of nitrogens with one attached hydrogen (secondary N) is 1. The van der Waals surface area contributed by atoms with E-state index >= 15 is 0 Å². The van der Waals surface area contributed by atoms with Gasteiger partial charge >= 0.3 is 0 Å². The smallest absolute Gasteiger partial charge is 0.293 e. The summed E-state index contributed by atoms with van der Waals surface area (Å²) < 4.78 is 1.62. The van der Waals surface area contributed by atoms with Crippen molar-refractivity contribution in [2.75, 3.05) is 6.54 Å². The third kappa shape index (κ3) is 2.96. The highest BCUT2D eigenvalue weighted by molar-refractivity contribution is 5.90. The van der Waals surface area contributed by atoms with Crippen molar-refractivity contribution in [3.05, 3.63) is 40.6 Å². The summed E-state index contributed by atoms with van der Waals surface area (Å²) in [6.07, 6.45) is 3.65. The van der Waals surface area contributed by atoms with E-state index in [-0.39, 0.29) is 18.1 Å². The number of carbonyl (C=O) groups is 1. The summed E-state index contributed by atoms with van der Waals surface area (Å²) in [4.78, 5) is 22.4. The van der Waals surface area contributed by atoms with Gasteiger partial charge in [-0.05, 0) is 12.5 Å². The Hall–Kier alpha value is -2.37. The highest BCUT2D eigenvalue weighted by atomic mass is 16.6. The fourth-order valence-electron chi connectivity index (χ4n) is 2.14. The van der Waals surface area contributed by atoms with Crippen LogP contribution in [0.5, 0.6) is 0 Å². The van der Waals surface area contributed by atoms with Crippen molar-refractivity contribution in [1.82, 2.24) is 9.88 Å². The molecule has 1 heterocycles. The van der Waals surface area contributed by atoms with Crippen LogP contribution in [-0.2, 0) is 11.3 Å². The molecule has 0 aliphatic carbocycles. The van der Waals surface area contributed by atoms with Crippen molar-refractivity contribution < 1.29 is 9.72 Å². The fraction of sp³-hybridized carbons (Fsp3) is 0.357. The number of nitro groups is 1. The molecule has 0 fully saturated rings. The van der Waals surface area contributed by atoms with E-state index in [0.717, 1.165) is 18.2 Å². The van der Waals surface area contributed by atoms with Crippen LogP contribution in [-0.4, -0.2) is 21.9 Å². The molecule has 6 nitrogen and oxygen atoms in total. The predicted molar refractivity (Wildman–Crippen MR) is 76.5 cm³/mol. The Morgan fingerprint density at radius 1 is 1.40 bits per heavy atom. The maximum Gasteiger partial charge on any atom is 0.293 e. The second-order valence-electron chi connectivity index (χ2n) is 4.62. The maximum atomic E-state index is 11.8. The number of rotatable bonds is 6. The van der Waals surface area contributed by atoms with Crippen molar-refractivity contribution in [2.45, 2.75) is 26.3 Å². The van der Waals surface area contributed by atoms with Gasteiger partial charge in [-0.2, -0.15) is 0 Å². The predicted octanol–water partition coefficient (Wildman–Crippen LogP) is 2.47. The molecule has 0 bridgehead atoms. The van der Waals surface area contributed by atoms with Crippen LogP contribution in [0.4, 0.5) is 5.69 Å². The molecule has 0 aliphatic rings. The van der Waals surface area contributed by atoms with Gasteiger partial charge in [0.15, 0.2) is 0 Å². The number of nitrogens with zero attached hydrogens (tertiary/aromatic N) is 2. The Labute approximate surface area is 116 Å². The first-order valence-electron chi connectivity index (χ1n) is 6.62. The average Bonchev–Trinajstić information content (AvgIpc) is 2.82. The lowest BCUT2D eigenvalue weighted by Crippen LogP contribution is -2.28. The van der Waals surface area contributed by atoms with Crippen molar-refractivity contribution in [1.29, 1.82) is 0 Å². The van der Waals surface area contributed by atoms with Gasteiger partial charge in [-0.15, -0.1) is 0 Å². The van der Waals surface area contributed by atoms with Crippen LogP contribution >= 0.6 is 0 Å². The van der Waals surface area contributed by atoms with Crippen molar-refractivity contribution in [3.8, 4) is 0 Å². The second-order valence-corrected chi connectivity index (χ2v) is 4.62. The topological polar surface area (TPSA) is 77.2 Å². The number of unbranched alkanes of at least 4 members (excludes halogenated alkanes) is 1. The van der Waals surface area contributed by atoms with Gasteiger partial charge in [-0.25, -0.2) is 0 Å². The highest BCUT2D eigenvalue weighted by Gasteiger charge is 2.16. The average molecular weight is 275 g/mol. The van der Waals surface area contributed by atoms with Crippen LogP contribution in [0.1, 0.15) is 19.8 Å². The molecule has 0 saturated carbocycles. The third-order valence-electron chi connectivity index (χ3n) is 3.13. The first-order valence-corrected chi connectivity index (χ1v) is 6.62. The van der Waals surface area contributed by atoms with Crippen LogP contribution in [0.15, 0.2) is 30.5 Å². The monoisotopic (exact) mass is 275 g/mol. The van der Waals surface area contributed by atoms with Crippen molar-refractivity contribution in [3.63, 3.8) is 0 Å². The molecule has 20 heavy (non-hydrogen) atoms.